The van der Waals surface area contributed by atoms with Crippen LogP contribution in [0.15, 0.2) is 17.1 Å². The Morgan fingerprint density at radius 3 is 2.63 bits per heavy atom. The lowest BCUT2D eigenvalue weighted by molar-refractivity contribution is 0.0694. The van der Waals surface area contributed by atoms with Crippen LogP contribution in [0.1, 0.15) is 43.1 Å². The van der Waals surface area contributed by atoms with Crippen molar-refractivity contribution in [1.82, 2.24) is 4.57 Å². The minimum atomic E-state index is -1.31. The number of nitrogens with zero attached hydrogens (tertiary/aromatic N) is 2. The fraction of sp³-hybridized carbons (Fsp3) is 0.500. The van der Waals surface area contributed by atoms with E-state index in [4.69, 9.17) is 0 Å². The van der Waals surface area contributed by atoms with Crippen molar-refractivity contribution in [3.63, 3.8) is 0 Å². The summed E-state index contributed by atoms with van der Waals surface area (Å²) < 4.78 is 16.8. The summed E-state index contributed by atoms with van der Waals surface area (Å²) in [5.41, 5.74) is 0.723. The molecule has 146 valence electrons. The number of halogens is 1. The van der Waals surface area contributed by atoms with Crippen molar-refractivity contribution in [3.05, 3.63) is 39.4 Å². The van der Waals surface area contributed by atoms with Crippen molar-refractivity contribution in [3.8, 4) is 0 Å². The molecule has 2 heterocycles. The fourth-order valence-corrected chi connectivity index (χ4v) is 4.02. The molecular formula is C20H25FN2O4. The molecule has 0 bridgehead atoms. The van der Waals surface area contributed by atoms with E-state index in [0.29, 0.717) is 49.2 Å². The minimum absolute atomic E-state index is 0.0151. The first kappa shape index (κ1) is 19.4. The van der Waals surface area contributed by atoms with E-state index < -0.39 is 23.3 Å². The van der Waals surface area contributed by atoms with Gasteiger partial charge in [0.15, 0.2) is 0 Å². The molecule has 27 heavy (non-hydrogen) atoms. The lowest BCUT2D eigenvalue weighted by Crippen LogP contribution is -2.42. The van der Waals surface area contributed by atoms with Gasteiger partial charge in [0, 0.05) is 36.8 Å². The highest BCUT2D eigenvalue weighted by molar-refractivity contribution is 5.95. The minimum Gasteiger partial charge on any atom is -0.477 e. The quantitative estimate of drug-likeness (QED) is 0.857. The monoisotopic (exact) mass is 376 g/mol. The number of aliphatic hydroxyl groups excluding tert-OH is 1. The summed E-state index contributed by atoms with van der Waals surface area (Å²) in [7, 11) is 0. The van der Waals surface area contributed by atoms with Crippen molar-refractivity contribution in [2.45, 2.75) is 46.3 Å². The second kappa shape index (κ2) is 7.31. The van der Waals surface area contributed by atoms with Gasteiger partial charge in [0.25, 0.3) is 0 Å². The van der Waals surface area contributed by atoms with Gasteiger partial charge in [-0.3, -0.25) is 4.79 Å². The molecule has 2 aromatic rings. The molecule has 1 saturated heterocycles. The van der Waals surface area contributed by atoms with Crippen molar-refractivity contribution >= 4 is 22.6 Å². The molecule has 1 aliphatic heterocycles. The Bertz CT molecular complexity index is 953. The molecule has 1 fully saturated rings. The molecular weight excluding hydrogens is 351 g/mol. The number of pyridine rings is 1. The highest BCUT2D eigenvalue weighted by atomic mass is 19.1. The van der Waals surface area contributed by atoms with Gasteiger partial charge in [-0.25, -0.2) is 9.18 Å². The molecule has 0 unspecified atom stereocenters. The first-order valence-electron chi connectivity index (χ1n) is 9.34. The third kappa shape index (κ3) is 3.20. The van der Waals surface area contributed by atoms with Crippen molar-refractivity contribution in [2.24, 2.45) is 5.92 Å². The van der Waals surface area contributed by atoms with Gasteiger partial charge in [0.05, 0.1) is 17.3 Å². The van der Waals surface area contributed by atoms with Gasteiger partial charge in [-0.05, 0) is 31.7 Å². The zero-order chi connectivity index (χ0) is 19.9. The van der Waals surface area contributed by atoms with Crippen LogP contribution in [-0.4, -0.2) is 39.9 Å². The standard InChI is InChI=1S/C20H25FN2O4/c1-4-12-17-13(19(25)14(20(26)27)10-22(17)5-2)8-15(21)18(12)23-7-6-16(24)11(3)9-23/h8,10-11,16,24H,4-7,9H2,1-3H3,(H,26,27)/t11-,16+/m1/s1. The number of carboxylic acids is 1. The van der Waals surface area contributed by atoms with Gasteiger partial charge < -0.3 is 19.7 Å². The van der Waals surface area contributed by atoms with Gasteiger partial charge in [0.1, 0.15) is 11.4 Å². The topological polar surface area (TPSA) is 82.8 Å². The van der Waals surface area contributed by atoms with Crippen LogP contribution in [0.25, 0.3) is 10.9 Å². The van der Waals surface area contributed by atoms with Crippen LogP contribution in [0.5, 0.6) is 0 Å². The van der Waals surface area contributed by atoms with Crippen molar-refractivity contribution in [2.75, 3.05) is 18.0 Å². The van der Waals surface area contributed by atoms with Crippen molar-refractivity contribution < 1.29 is 19.4 Å². The van der Waals surface area contributed by atoms with Gasteiger partial charge in [-0.2, -0.15) is 0 Å². The molecule has 2 atom stereocenters. The molecule has 3 rings (SSSR count). The van der Waals surface area contributed by atoms with Crippen LogP contribution in [0.4, 0.5) is 10.1 Å². The van der Waals surface area contributed by atoms with Crippen molar-refractivity contribution in [1.29, 1.82) is 0 Å². The number of aliphatic hydroxyl groups is 1. The molecule has 1 aromatic heterocycles. The van der Waals surface area contributed by atoms with Crippen LogP contribution in [0.3, 0.4) is 0 Å². The number of carbonyl (C=O) groups is 1. The Kier molecular flexibility index (Phi) is 5.24. The first-order chi connectivity index (χ1) is 12.8. The number of aromatic nitrogens is 1. The van der Waals surface area contributed by atoms with E-state index >= 15 is 4.39 Å². The lowest BCUT2D eigenvalue weighted by Gasteiger charge is -2.37. The Balaban J connectivity index is 2.31. The van der Waals surface area contributed by atoms with Gasteiger partial charge in [-0.1, -0.05) is 13.8 Å². The third-order valence-electron chi connectivity index (χ3n) is 5.49. The maximum atomic E-state index is 15.1. The summed E-state index contributed by atoms with van der Waals surface area (Å²) in [5.74, 6) is -1.82. The Morgan fingerprint density at radius 2 is 2.07 bits per heavy atom. The smallest absolute Gasteiger partial charge is 0.341 e. The summed E-state index contributed by atoms with van der Waals surface area (Å²) in [5, 5.41) is 19.4. The number of benzene rings is 1. The first-order valence-corrected chi connectivity index (χ1v) is 9.34. The van der Waals surface area contributed by atoms with Crippen LogP contribution < -0.4 is 10.3 Å². The molecule has 1 aliphatic rings. The van der Waals surface area contributed by atoms with E-state index in [1.807, 2.05) is 25.7 Å². The number of piperidine rings is 1. The second-order valence-electron chi connectivity index (χ2n) is 7.18. The number of hydrogen-bond donors (Lipinski definition) is 2. The molecule has 0 spiro atoms. The zero-order valence-corrected chi connectivity index (χ0v) is 15.8. The summed E-state index contributed by atoms with van der Waals surface area (Å²) in [6, 6.07) is 1.17. The van der Waals surface area contributed by atoms with E-state index in [0.717, 1.165) is 0 Å². The highest BCUT2D eigenvalue weighted by Crippen LogP contribution is 2.34. The Labute approximate surface area is 156 Å². The summed E-state index contributed by atoms with van der Waals surface area (Å²) in [6.07, 6.45) is 2.00. The SMILES string of the molecule is CCc1c(N2CC[C@H](O)[C@H](C)C2)c(F)cc2c(=O)c(C(=O)O)cn(CC)c12. The zero-order valence-electron chi connectivity index (χ0n) is 15.8. The van der Waals surface area contributed by atoms with Crippen LogP contribution >= 0.6 is 0 Å². The number of hydrogen-bond acceptors (Lipinski definition) is 4. The average molecular weight is 376 g/mol. The maximum absolute atomic E-state index is 15.1. The molecule has 0 radical (unpaired) electrons. The second-order valence-corrected chi connectivity index (χ2v) is 7.18. The van der Waals surface area contributed by atoms with Crippen LogP contribution in [0.2, 0.25) is 0 Å². The molecule has 7 heteroatoms. The molecule has 0 saturated carbocycles. The molecule has 1 aromatic carbocycles. The number of carboxylic acid groups (broad SMARTS) is 1. The van der Waals surface area contributed by atoms with E-state index in [1.54, 1.807) is 4.57 Å². The number of anilines is 1. The van der Waals surface area contributed by atoms with E-state index in [1.165, 1.54) is 12.3 Å². The summed E-state index contributed by atoms with van der Waals surface area (Å²) in [4.78, 5) is 26.0. The lowest BCUT2D eigenvalue weighted by atomic mass is 9.94. The number of aromatic carboxylic acids is 1. The third-order valence-corrected chi connectivity index (χ3v) is 5.49. The van der Waals surface area contributed by atoms with Gasteiger partial charge in [0.2, 0.25) is 5.43 Å². The van der Waals surface area contributed by atoms with E-state index in [9.17, 15) is 19.8 Å². The molecule has 6 nitrogen and oxygen atoms in total. The summed E-state index contributed by atoms with van der Waals surface area (Å²) >= 11 is 0. The predicted molar refractivity (Wildman–Crippen MR) is 102 cm³/mol. The molecule has 2 N–H and O–H groups in total. The predicted octanol–water partition coefficient (Wildman–Crippen LogP) is 2.63. The fourth-order valence-electron chi connectivity index (χ4n) is 4.02. The number of aryl methyl sites for hydroxylation is 2. The molecule has 0 aliphatic carbocycles. The number of fused-ring (bicyclic) bond motifs is 1. The largest absolute Gasteiger partial charge is 0.477 e. The maximum Gasteiger partial charge on any atom is 0.341 e. The van der Waals surface area contributed by atoms with Crippen LogP contribution in [-0.2, 0) is 13.0 Å². The normalized spacial score (nSPS) is 20.3. The highest BCUT2D eigenvalue weighted by Gasteiger charge is 2.29. The average Bonchev–Trinajstić information content (AvgIpc) is 2.63. The summed E-state index contributed by atoms with van der Waals surface area (Å²) in [6.45, 7) is 7.21. The Morgan fingerprint density at radius 1 is 1.37 bits per heavy atom. The van der Waals surface area contributed by atoms with Gasteiger partial charge >= 0.3 is 5.97 Å². The number of rotatable bonds is 4. The van der Waals surface area contributed by atoms with E-state index in [2.05, 4.69) is 0 Å². The molecule has 0 amide bonds. The van der Waals surface area contributed by atoms with Gasteiger partial charge in [-0.15, -0.1) is 0 Å². The van der Waals surface area contributed by atoms with Crippen LogP contribution in [0, 0.1) is 11.7 Å². The van der Waals surface area contributed by atoms with E-state index in [-0.39, 0.29) is 16.9 Å². The Hall–Kier alpha value is -2.41.